The Hall–Kier alpha value is -0.380. The molecular weight excluding hydrogens is 264 g/mol. The van der Waals surface area contributed by atoms with E-state index in [0.717, 1.165) is 18.9 Å². The van der Waals surface area contributed by atoms with Gasteiger partial charge in [-0.25, -0.2) is 0 Å². The van der Waals surface area contributed by atoms with E-state index in [1.165, 1.54) is 28.7 Å². The van der Waals surface area contributed by atoms with Crippen molar-refractivity contribution in [3.63, 3.8) is 0 Å². The molecule has 1 aliphatic heterocycles. The van der Waals surface area contributed by atoms with Gasteiger partial charge in [-0.1, -0.05) is 28.1 Å². The fourth-order valence-electron chi connectivity index (χ4n) is 2.22. The van der Waals surface area contributed by atoms with E-state index in [1.807, 2.05) is 7.05 Å². The van der Waals surface area contributed by atoms with Gasteiger partial charge in [0.25, 0.3) is 0 Å². The molecule has 0 atom stereocenters. The molecule has 0 bridgehead atoms. The van der Waals surface area contributed by atoms with Crippen LogP contribution in [0.1, 0.15) is 17.0 Å². The Bertz CT molecular complexity index is 359. The maximum atomic E-state index is 3.70. The van der Waals surface area contributed by atoms with Gasteiger partial charge in [-0.05, 0) is 44.3 Å². The number of rotatable bonds is 4. The molecule has 3 heteroatoms. The van der Waals surface area contributed by atoms with Gasteiger partial charge in [0.05, 0.1) is 0 Å². The van der Waals surface area contributed by atoms with Gasteiger partial charge in [0.2, 0.25) is 0 Å². The molecular formula is C13H19BrN2. The van der Waals surface area contributed by atoms with Gasteiger partial charge in [-0.2, -0.15) is 0 Å². The molecule has 0 aromatic heterocycles. The maximum absolute atomic E-state index is 3.70. The number of nitrogens with one attached hydrogen (secondary N) is 1. The molecule has 1 saturated heterocycles. The lowest BCUT2D eigenvalue weighted by Crippen LogP contribution is -2.41. The lowest BCUT2D eigenvalue weighted by Gasteiger charge is -2.37. The topological polar surface area (TPSA) is 15.3 Å². The average Bonchev–Trinajstić information content (AvgIpc) is 2.23. The zero-order valence-electron chi connectivity index (χ0n) is 9.96. The van der Waals surface area contributed by atoms with Crippen LogP contribution in [0.2, 0.25) is 0 Å². The summed E-state index contributed by atoms with van der Waals surface area (Å²) in [6, 6.07) is 6.81. The van der Waals surface area contributed by atoms with Crippen LogP contribution in [-0.4, -0.2) is 38.6 Å². The second-order valence-corrected chi connectivity index (χ2v) is 5.48. The van der Waals surface area contributed by atoms with Crippen LogP contribution >= 0.6 is 15.9 Å². The van der Waals surface area contributed by atoms with Gasteiger partial charge in [0, 0.05) is 23.5 Å². The fourth-order valence-corrected chi connectivity index (χ4v) is 2.97. The first-order valence-electron chi connectivity index (χ1n) is 5.82. The Labute approximate surface area is 106 Å². The van der Waals surface area contributed by atoms with Gasteiger partial charge in [0.15, 0.2) is 0 Å². The molecule has 0 saturated carbocycles. The Morgan fingerprint density at radius 3 is 2.75 bits per heavy atom. The predicted octanol–water partition coefficient (Wildman–Crippen LogP) is 2.24. The smallest absolute Gasteiger partial charge is 0.0213 e. The number of nitrogens with zero attached hydrogens (tertiary/aromatic N) is 1. The van der Waals surface area contributed by atoms with Gasteiger partial charge in [0.1, 0.15) is 0 Å². The van der Waals surface area contributed by atoms with Crippen molar-refractivity contribution in [1.82, 2.24) is 10.2 Å². The zero-order chi connectivity index (χ0) is 11.5. The molecule has 0 aliphatic carbocycles. The second kappa shape index (κ2) is 5.30. The molecule has 0 spiro atoms. The van der Waals surface area contributed by atoms with E-state index in [1.54, 1.807) is 0 Å². The summed E-state index contributed by atoms with van der Waals surface area (Å²) in [5.41, 5.74) is 2.86. The molecule has 0 amide bonds. The van der Waals surface area contributed by atoms with Crippen molar-refractivity contribution >= 4 is 15.9 Å². The van der Waals surface area contributed by atoms with E-state index in [0.29, 0.717) is 0 Å². The highest BCUT2D eigenvalue weighted by Crippen LogP contribution is 2.31. The van der Waals surface area contributed by atoms with Crippen molar-refractivity contribution < 1.29 is 0 Å². The Kier molecular flexibility index (Phi) is 4.00. The Morgan fingerprint density at radius 1 is 1.44 bits per heavy atom. The van der Waals surface area contributed by atoms with Crippen LogP contribution < -0.4 is 5.32 Å². The Balaban J connectivity index is 2.05. The summed E-state index contributed by atoms with van der Waals surface area (Å²) in [4.78, 5) is 2.35. The van der Waals surface area contributed by atoms with Crippen LogP contribution in [0.5, 0.6) is 0 Å². The second-order valence-electron chi connectivity index (χ2n) is 4.63. The minimum absolute atomic E-state index is 0.720. The quantitative estimate of drug-likeness (QED) is 0.911. The number of hydrogen-bond acceptors (Lipinski definition) is 2. The van der Waals surface area contributed by atoms with Crippen molar-refractivity contribution in [2.75, 3.05) is 33.7 Å². The molecule has 0 radical (unpaired) electrons. The summed E-state index contributed by atoms with van der Waals surface area (Å²) in [6.07, 6.45) is 1.10. The van der Waals surface area contributed by atoms with E-state index >= 15 is 0 Å². The maximum Gasteiger partial charge on any atom is 0.0213 e. The third kappa shape index (κ3) is 2.65. The normalized spacial score (nSPS) is 17.4. The highest BCUT2D eigenvalue weighted by Gasteiger charge is 2.26. The molecule has 2 nitrogen and oxygen atoms in total. The molecule has 1 N–H and O–H groups in total. The number of benzene rings is 1. The van der Waals surface area contributed by atoms with Crippen LogP contribution in [0.15, 0.2) is 22.7 Å². The SMILES string of the molecule is CNCCc1ccc(C2CN(C)C2)c(Br)c1. The van der Waals surface area contributed by atoms with Crippen LogP contribution in [0.3, 0.4) is 0 Å². The number of halogens is 1. The van der Waals surface area contributed by atoms with Crippen molar-refractivity contribution in [2.24, 2.45) is 0 Å². The molecule has 1 aromatic carbocycles. The van der Waals surface area contributed by atoms with E-state index in [2.05, 4.69) is 51.4 Å². The fraction of sp³-hybridized carbons (Fsp3) is 0.538. The number of likely N-dealkylation sites (N-methyl/N-ethyl adjacent to an activating group) is 2. The van der Waals surface area contributed by atoms with Crippen molar-refractivity contribution in [1.29, 1.82) is 0 Å². The standard InChI is InChI=1S/C13H19BrN2/c1-15-6-5-10-3-4-12(13(14)7-10)11-8-16(2)9-11/h3-4,7,11,15H,5-6,8-9H2,1-2H3. The molecule has 1 aromatic rings. The van der Waals surface area contributed by atoms with Crippen molar-refractivity contribution in [3.8, 4) is 0 Å². The molecule has 88 valence electrons. The minimum atomic E-state index is 0.720. The lowest BCUT2D eigenvalue weighted by molar-refractivity contribution is 0.189. The highest BCUT2D eigenvalue weighted by atomic mass is 79.9. The third-order valence-electron chi connectivity index (χ3n) is 3.23. The van der Waals surface area contributed by atoms with Gasteiger partial charge >= 0.3 is 0 Å². The number of hydrogen-bond donors (Lipinski definition) is 1. The van der Waals surface area contributed by atoms with E-state index < -0.39 is 0 Å². The van der Waals surface area contributed by atoms with Gasteiger partial charge < -0.3 is 10.2 Å². The molecule has 16 heavy (non-hydrogen) atoms. The molecule has 2 rings (SSSR count). The lowest BCUT2D eigenvalue weighted by atomic mass is 9.91. The van der Waals surface area contributed by atoms with Crippen molar-refractivity contribution in [2.45, 2.75) is 12.3 Å². The molecule has 1 aliphatic rings. The third-order valence-corrected chi connectivity index (χ3v) is 3.92. The molecule has 1 fully saturated rings. The highest BCUT2D eigenvalue weighted by molar-refractivity contribution is 9.10. The first kappa shape index (κ1) is 12.1. The first-order chi connectivity index (χ1) is 7.70. The minimum Gasteiger partial charge on any atom is -0.319 e. The predicted molar refractivity (Wildman–Crippen MR) is 72.0 cm³/mol. The summed E-state index contributed by atoms with van der Waals surface area (Å²) < 4.78 is 1.28. The van der Waals surface area contributed by atoms with E-state index in [9.17, 15) is 0 Å². The summed E-state index contributed by atoms with van der Waals surface area (Å²) in [5.74, 6) is 0.720. The van der Waals surface area contributed by atoms with Crippen LogP contribution in [0.4, 0.5) is 0 Å². The van der Waals surface area contributed by atoms with Gasteiger partial charge in [-0.3, -0.25) is 0 Å². The molecule has 0 unspecified atom stereocenters. The summed E-state index contributed by atoms with van der Waals surface area (Å²) in [6.45, 7) is 3.42. The number of likely N-dealkylation sites (tertiary alicyclic amines) is 1. The monoisotopic (exact) mass is 282 g/mol. The van der Waals surface area contributed by atoms with Gasteiger partial charge in [-0.15, -0.1) is 0 Å². The summed E-state index contributed by atoms with van der Waals surface area (Å²) >= 11 is 3.70. The van der Waals surface area contributed by atoms with Crippen LogP contribution in [0, 0.1) is 0 Å². The van der Waals surface area contributed by atoms with E-state index in [-0.39, 0.29) is 0 Å². The van der Waals surface area contributed by atoms with E-state index in [4.69, 9.17) is 0 Å². The summed E-state index contributed by atoms with van der Waals surface area (Å²) in [7, 11) is 4.17. The Morgan fingerprint density at radius 2 is 2.19 bits per heavy atom. The summed E-state index contributed by atoms with van der Waals surface area (Å²) in [5, 5.41) is 3.18. The average molecular weight is 283 g/mol. The van der Waals surface area contributed by atoms with Crippen LogP contribution in [0.25, 0.3) is 0 Å². The van der Waals surface area contributed by atoms with Crippen molar-refractivity contribution in [3.05, 3.63) is 33.8 Å². The first-order valence-corrected chi connectivity index (χ1v) is 6.61. The largest absolute Gasteiger partial charge is 0.319 e. The molecule has 1 heterocycles. The van der Waals surface area contributed by atoms with Crippen LogP contribution in [-0.2, 0) is 6.42 Å². The zero-order valence-corrected chi connectivity index (χ0v) is 11.5.